The van der Waals surface area contributed by atoms with Gasteiger partial charge in [-0.25, -0.2) is 0 Å². The lowest BCUT2D eigenvalue weighted by atomic mass is 9.96. The van der Waals surface area contributed by atoms with Gasteiger partial charge in [-0.1, -0.05) is 13.8 Å². The zero-order chi connectivity index (χ0) is 12.1. The molecule has 16 heavy (non-hydrogen) atoms. The van der Waals surface area contributed by atoms with Gasteiger partial charge in [0.15, 0.2) is 11.5 Å². The highest BCUT2D eigenvalue weighted by Crippen LogP contribution is 2.35. The van der Waals surface area contributed by atoms with Crippen molar-refractivity contribution < 1.29 is 14.6 Å². The fraction of sp³-hybridized carbons (Fsp3) is 0.538. The van der Waals surface area contributed by atoms with Gasteiger partial charge in [-0.2, -0.15) is 0 Å². The Kier molecular flexibility index (Phi) is 4.62. The lowest BCUT2D eigenvalue weighted by Crippen LogP contribution is -2.00. The molecule has 1 N–H and O–H groups in total. The van der Waals surface area contributed by atoms with E-state index in [1.54, 1.807) is 14.2 Å². The Morgan fingerprint density at radius 2 is 1.94 bits per heavy atom. The zero-order valence-corrected chi connectivity index (χ0v) is 10.4. The molecule has 0 radical (unpaired) electrons. The van der Waals surface area contributed by atoms with E-state index in [0.717, 1.165) is 12.0 Å². The van der Waals surface area contributed by atoms with Crippen molar-refractivity contribution in [2.75, 3.05) is 14.2 Å². The summed E-state index contributed by atoms with van der Waals surface area (Å²) in [4.78, 5) is 0. The van der Waals surface area contributed by atoms with Gasteiger partial charge < -0.3 is 14.6 Å². The highest BCUT2D eigenvalue weighted by molar-refractivity contribution is 5.50. The summed E-state index contributed by atoms with van der Waals surface area (Å²) in [6.45, 7) is 4.26. The average molecular weight is 224 g/mol. The molecule has 1 rings (SSSR count). The Morgan fingerprint density at radius 1 is 1.25 bits per heavy atom. The third-order valence-corrected chi connectivity index (χ3v) is 2.93. The normalized spacial score (nSPS) is 12.3. The monoisotopic (exact) mass is 224 g/mol. The summed E-state index contributed by atoms with van der Waals surface area (Å²) >= 11 is 0. The van der Waals surface area contributed by atoms with E-state index in [-0.39, 0.29) is 6.61 Å². The maximum Gasteiger partial charge on any atom is 0.166 e. The molecule has 0 saturated carbocycles. The Morgan fingerprint density at radius 3 is 2.38 bits per heavy atom. The van der Waals surface area contributed by atoms with Gasteiger partial charge in [0, 0.05) is 5.56 Å². The molecule has 0 amide bonds. The van der Waals surface area contributed by atoms with Crippen LogP contribution >= 0.6 is 0 Å². The van der Waals surface area contributed by atoms with Crippen LogP contribution in [0, 0.1) is 0 Å². The first-order chi connectivity index (χ1) is 7.67. The quantitative estimate of drug-likeness (QED) is 0.835. The van der Waals surface area contributed by atoms with Gasteiger partial charge in [0.05, 0.1) is 20.8 Å². The Hall–Kier alpha value is -1.22. The van der Waals surface area contributed by atoms with Crippen LogP contribution in [0.4, 0.5) is 0 Å². The van der Waals surface area contributed by atoms with E-state index in [9.17, 15) is 5.11 Å². The summed E-state index contributed by atoms with van der Waals surface area (Å²) in [7, 11) is 3.19. The standard InChI is InChI=1S/C13H20O3/c1-5-9(2)10-6-11(8-14)13(16-4)12(7-10)15-3/h6-7,9,14H,5,8H2,1-4H3. The van der Waals surface area contributed by atoms with E-state index in [1.165, 1.54) is 5.56 Å². The fourth-order valence-corrected chi connectivity index (χ4v) is 1.70. The molecular formula is C13H20O3. The number of ether oxygens (including phenoxy) is 2. The highest BCUT2D eigenvalue weighted by Gasteiger charge is 2.14. The molecule has 0 aliphatic heterocycles. The van der Waals surface area contributed by atoms with Gasteiger partial charge in [0.25, 0.3) is 0 Å². The number of aliphatic hydroxyl groups excluding tert-OH is 1. The summed E-state index contributed by atoms with van der Waals surface area (Å²) < 4.78 is 10.5. The number of rotatable bonds is 5. The lowest BCUT2D eigenvalue weighted by Gasteiger charge is -2.16. The number of hydrogen-bond donors (Lipinski definition) is 1. The second-order valence-electron chi connectivity index (χ2n) is 3.88. The third kappa shape index (κ3) is 2.47. The van der Waals surface area contributed by atoms with E-state index < -0.39 is 0 Å². The summed E-state index contributed by atoms with van der Waals surface area (Å²) in [5, 5.41) is 9.31. The number of aliphatic hydroxyl groups is 1. The number of benzene rings is 1. The predicted molar refractivity (Wildman–Crippen MR) is 64.2 cm³/mol. The molecule has 0 saturated heterocycles. The van der Waals surface area contributed by atoms with E-state index in [2.05, 4.69) is 13.8 Å². The minimum absolute atomic E-state index is 0.0379. The first-order valence-electron chi connectivity index (χ1n) is 5.53. The number of methoxy groups -OCH3 is 2. The van der Waals surface area contributed by atoms with Gasteiger partial charge in [0.2, 0.25) is 0 Å². The van der Waals surface area contributed by atoms with Gasteiger partial charge in [-0.3, -0.25) is 0 Å². The first kappa shape index (κ1) is 12.8. The average Bonchev–Trinajstić information content (AvgIpc) is 2.35. The second-order valence-corrected chi connectivity index (χ2v) is 3.88. The molecule has 1 unspecified atom stereocenters. The molecule has 1 atom stereocenters. The Balaban J connectivity index is 3.25. The van der Waals surface area contributed by atoms with Crippen LogP contribution in [0.25, 0.3) is 0 Å². The van der Waals surface area contributed by atoms with E-state index in [0.29, 0.717) is 17.4 Å². The molecule has 90 valence electrons. The van der Waals surface area contributed by atoms with Crippen molar-refractivity contribution in [2.45, 2.75) is 32.8 Å². The van der Waals surface area contributed by atoms with Crippen LogP contribution in [0.1, 0.15) is 37.3 Å². The van der Waals surface area contributed by atoms with Crippen LogP contribution in [0.3, 0.4) is 0 Å². The predicted octanol–water partition coefficient (Wildman–Crippen LogP) is 2.71. The van der Waals surface area contributed by atoms with Crippen LogP contribution in [-0.2, 0) is 6.61 Å². The molecule has 3 heteroatoms. The second kappa shape index (κ2) is 5.75. The van der Waals surface area contributed by atoms with Gasteiger partial charge in [-0.15, -0.1) is 0 Å². The maximum absolute atomic E-state index is 9.31. The minimum Gasteiger partial charge on any atom is -0.493 e. The lowest BCUT2D eigenvalue weighted by molar-refractivity contribution is 0.269. The fourth-order valence-electron chi connectivity index (χ4n) is 1.70. The van der Waals surface area contributed by atoms with Crippen LogP contribution in [0.2, 0.25) is 0 Å². The zero-order valence-electron chi connectivity index (χ0n) is 10.4. The Labute approximate surface area is 97.0 Å². The van der Waals surface area contributed by atoms with Crippen molar-refractivity contribution >= 4 is 0 Å². The molecule has 0 aliphatic carbocycles. The van der Waals surface area contributed by atoms with E-state index in [1.807, 2.05) is 12.1 Å². The van der Waals surface area contributed by atoms with Crippen molar-refractivity contribution in [2.24, 2.45) is 0 Å². The third-order valence-electron chi connectivity index (χ3n) is 2.93. The molecule has 1 aromatic rings. The first-order valence-corrected chi connectivity index (χ1v) is 5.53. The summed E-state index contributed by atoms with van der Waals surface area (Å²) in [5.41, 5.74) is 1.95. The molecule has 0 spiro atoms. The van der Waals surface area contributed by atoms with Crippen molar-refractivity contribution in [1.82, 2.24) is 0 Å². The van der Waals surface area contributed by atoms with Crippen LogP contribution in [0.5, 0.6) is 11.5 Å². The van der Waals surface area contributed by atoms with E-state index in [4.69, 9.17) is 9.47 Å². The molecule has 0 aliphatic rings. The smallest absolute Gasteiger partial charge is 0.166 e. The van der Waals surface area contributed by atoms with Crippen molar-refractivity contribution in [3.63, 3.8) is 0 Å². The summed E-state index contributed by atoms with van der Waals surface area (Å²) in [6.07, 6.45) is 1.06. The van der Waals surface area contributed by atoms with Crippen molar-refractivity contribution in [3.05, 3.63) is 23.3 Å². The summed E-state index contributed by atoms with van der Waals surface area (Å²) in [5.74, 6) is 1.76. The van der Waals surface area contributed by atoms with Gasteiger partial charge in [0.1, 0.15) is 0 Å². The molecule has 0 fully saturated rings. The molecule has 0 heterocycles. The number of hydrogen-bond acceptors (Lipinski definition) is 3. The molecule has 0 aromatic heterocycles. The molecular weight excluding hydrogens is 204 g/mol. The SMILES string of the molecule is CCC(C)c1cc(CO)c(OC)c(OC)c1. The largest absolute Gasteiger partial charge is 0.493 e. The molecule has 0 bridgehead atoms. The van der Waals surface area contributed by atoms with Crippen molar-refractivity contribution in [3.8, 4) is 11.5 Å². The van der Waals surface area contributed by atoms with Crippen LogP contribution in [0.15, 0.2) is 12.1 Å². The highest BCUT2D eigenvalue weighted by atomic mass is 16.5. The van der Waals surface area contributed by atoms with Crippen molar-refractivity contribution in [1.29, 1.82) is 0 Å². The van der Waals surface area contributed by atoms with Crippen LogP contribution in [-0.4, -0.2) is 19.3 Å². The Bertz CT molecular complexity index is 322. The summed E-state index contributed by atoms with van der Waals surface area (Å²) in [6, 6.07) is 3.96. The van der Waals surface area contributed by atoms with Gasteiger partial charge in [-0.05, 0) is 30.0 Å². The molecule has 3 nitrogen and oxygen atoms in total. The van der Waals surface area contributed by atoms with Gasteiger partial charge >= 0.3 is 0 Å². The topological polar surface area (TPSA) is 38.7 Å². The molecule has 1 aromatic carbocycles. The maximum atomic E-state index is 9.31. The van der Waals surface area contributed by atoms with E-state index >= 15 is 0 Å². The minimum atomic E-state index is -0.0379. The van der Waals surface area contributed by atoms with Crippen LogP contribution < -0.4 is 9.47 Å².